The molecule has 2 aromatic heterocycles. The second kappa shape index (κ2) is 9.37. The maximum absolute atomic E-state index is 12.7. The van der Waals surface area contributed by atoms with E-state index in [1.165, 1.54) is 30.2 Å². The summed E-state index contributed by atoms with van der Waals surface area (Å²) in [6.45, 7) is 6.62. The van der Waals surface area contributed by atoms with Gasteiger partial charge in [-0.2, -0.15) is 0 Å². The van der Waals surface area contributed by atoms with E-state index in [4.69, 9.17) is 0 Å². The molecule has 0 radical (unpaired) electrons. The van der Waals surface area contributed by atoms with Crippen LogP contribution in [0.4, 0.5) is 5.69 Å². The molecular formula is C26H30N6O2S. The number of anilines is 1. The molecule has 1 amide bonds. The normalized spacial score (nSPS) is 14.6. The zero-order valence-electron chi connectivity index (χ0n) is 20.2. The monoisotopic (exact) mass is 490 g/mol. The van der Waals surface area contributed by atoms with Gasteiger partial charge in [0.25, 0.3) is 0 Å². The summed E-state index contributed by atoms with van der Waals surface area (Å²) in [4.78, 5) is 29.6. The number of carbonyl (C=O) groups excluding carboxylic acids is 1. The zero-order chi connectivity index (χ0) is 24.6. The van der Waals surface area contributed by atoms with Crippen molar-refractivity contribution in [3.63, 3.8) is 0 Å². The first-order valence-electron chi connectivity index (χ1n) is 12.0. The van der Waals surface area contributed by atoms with Crippen LogP contribution in [-0.4, -0.2) is 36.4 Å². The minimum Gasteiger partial charge on any atom is -0.325 e. The molecule has 8 nitrogen and oxygen atoms in total. The van der Waals surface area contributed by atoms with Gasteiger partial charge in [0.05, 0.1) is 16.8 Å². The molecule has 1 aliphatic rings. The van der Waals surface area contributed by atoms with Crippen molar-refractivity contribution in [1.29, 1.82) is 0 Å². The Morgan fingerprint density at radius 3 is 2.49 bits per heavy atom. The first kappa shape index (κ1) is 23.4. The van der Waals surface area contributed by atoms with Gasteiger partial charge in [-0.25, -0.2) is 4.79 Å². The van der Waals surface area contributed by atoms with E-state index in [1.54, 1.807) is 18.2 Å². The van der Waals surface area contributed by atoms with Crippen molar-refractivity contribution in [2.24, 2.45) is 0 Å². The molecule has 1 fully saturated rings. The number of rotatable bonds is 6. The topological polar surface area (TPSA) is 108 Å². The van der Waals surface area contributed by atoms with Gasteiger partial charge in [-0.05, 0) is 42.0 Å². The van der Waals surface area contributed by atoms with Crippen LogP contribution in [0.2, 0.25) is 0 Å². The molecule has 9 heteroatoms. The van der Waals surface area contributed by atoms with Crippen LogP contribution in [0, 0.1) is 0 Å². The lowest BCUT2D eigenvalue weighted by atomic mass is 9.86. The molecule has 2 aromatic carbocycles. The number of H-pyrrole nitrogens is 2. The number of fused-ring (bicyclic) bond motifs is 1. The second-order valence-corrected chi connectivity index (χ2v) is 11.1. The summed E-state index contributed by atoms with van der Waals surface area (Å²) in [5, 5.41) is 12.7. The summed E-state index contributed by atoms with van der Waals surface area (Å²) in [6, 6.07) is 14.2. The van der Waals surface area contributed by atoms with Crippen LogP contribution in [0.15, 0.2) is 52.4 Å². The van der Waals surface area contributed by atoms with Crippen LogP contribution in [0.25, 0.3) is 22.4 Å². The lowest BCUT2D eigenvalue weighted by molar-refractivity contribution is -0.113. The van der Waals surface area contributed by atoms with Gasteiger partial charge in [0.1, 0.15) is 0 Å². The van der Waals surface area contributed by atoms with Crippen molar-refractivity contribution >= 4 is 34.4 Å². The number of hydrogen-bond acceptors (Lipinski definition) is 5. The number of nitrogens with one attached hydrogen (secondary N) is 3. The molecule has 5 rings (SSSR count). The Morgan fingerprint density at radius 2 is 1.77 bits per heavy atom. The zero-order valence-corrected chi connectivity index (χ0v) is 21.0. The molecule has 35 heavy (non-hydrogen) atoms. The largest absolute Gasteiger partial charge is 0.325 e. The lowest BCUT2D eigenvalue weighted by Gasteiger charge is -2.20. The Balaban J connectivity index is 1.34. The molecule has 182 valence electrons. The lowest BCUT2D eigenvalue weighted by Crippen LogP contribution is -2.15. The highest BCUT2D eigenvalue weighted by molar-refractivity contribution is 7.99. The Kier molecular flexibility index (Phi) is 6.27. The van der Waals surface area contributed by atoms with Crippen molar-refractivity contribution in [2.45, 2.75) is 63.1 Å². The fourth-order valence-electron chi connectivity index (χ4n) is 4.62. The maximum Gasteiger partial charge on any atom is 0.323 e. The molecule has 0 bridgehead atoms. The van der Waals surface area contributed by atoms with Crippen LogP contribution in [0.1, 0.15) is 58.1 Å². The number of hydrogen-bond donors (Lipinski definition) is 3. The van der Waals surface area contributed by atoms with Crippen molar-refractivity contribution in [3.05, 3.63) is 58.5 Å². The third kappa shape index (κ3) is 5.05. The molecule has 0 aliphatic heterocycles. The van der Waals surface area contributed by atoms with E-state index in [9.17, 15) is 9.59 Å². The predicted molar refractivity (Wildman–Crippen MR) is 140 cm³/mol. The minimum absolute atomic E-state index is 0.0902. The highest BCUT2D eigenvalue weighted by Crippen LogP contribution is 2.37. The van der Waals surface area contributed by atoms with Gasteiger partial charge < -0.3 is 15.3 Å². The van der Waals surface area contributed by atoms with Crippen molar-refractivity contribution in [2.75, 3.05) is 11.1 Å². The van der Waals surface area contributed by atoms with E-state index >= 15 is 0 Å². The summed E-state index contributed by atoms with van der Waals surface area (Å²) >= 11 is 1.41. The smallest absolute Gasteiger partial charge is 0.323 e. The Bertz CT molecular complexity index is 1400. The summed E-state index contributed by atoms with van der Waals surface area (Å²) in [6.07, 6.45) is 4.58. The van der Waals surface area contributed by atoms with Gasteiger partial charge in [0, 0.05) is 17.3 Å². The summed E-state index contributed by atoms with van der Waals surface area (Å²) in [5.74, 6) is 0.946. The van der Waals surface area contributed by atoms with Gasteiger partial charge in [-0.3, -0.25) is 9.36 Å². The number of thioether (sulfide) groups is 1. The number of aromatic nitrogens is 5. The molecule has 1 saturated carbocycles. The quantitative estimate of drug-likeness (QED) is 0.320. The maximum atomic E-state index is 12.7. The van der Waals surface area contributed by atoms with E-state index in [2.05, 4.69) is 75.1 Å². The molecular weight excluding hydrogens is 460 g/mol. The van der Waals surface area contributed by atoms with E-state index in [0.29, 0.717) is 22.8 Å². The highest BCUT2D eigenvalue weighted by atomic mass is 32.2. The number of nitrogens with zero attached hydrogens (tertiary/aromatic N) is 3. The molecule has 0 atom stereocenters. The molecule has 1 aliphatic carbocycles. The Hall–Kier alpha value is -3.33. The first-order chi connectivity index (χ1) is 16.8. The first-order valence-corrected chi connectivity index (χ1v) is 13.0. The van der Waals surface area contributed by atoms with Crippen LogP contribution in [0.3, 0.4) is 0 Å². The third-order valence-corrected chi connectivity index (χ3v) is 7.44. The van der Waals surface area contributed by atoms with E-state index in [-0.39, 0.29) is 22.8 Å². The van der Waals surface area contributed by atoms with Gasteiger partial charge in [-0.1, -0.05) is 69.6 Å². The average molecular weight is 491 g/mol. The third-order valence-electron chi connectivity index (χ3n) is 6.50. The van der Waals surface area contributed by atoms with Gasteiger partial charge in [-0.15, -0.1) is 10.2 Å². The average Bonchev–Trinajstić information content (AvgIpc) is 3.55. The van der Waals surface area contributed by atoms with Gasteiger partial charge in [0.2, 0.25) is 5.91 Å². The van der Waals surface area contributed by atoms with Gasteiger partial charge >= 0.3 is 5.69 Å². The SMILES string of the molecule is CC(C)(C)c1ccc(-c2nnc(SCC(=O)Nc3ccc4[nH]c(=O)[nH]c4c3)n2C2CCCC2)cc1. The fourth-order valence-corrected chi connectivity index (χ4v) is 5.43. The second-order valence-electron chi connectivity index (χ2n) is 10.1. The molecule has 3 N–H and O–H groups in total. The Morgan fingerprint density at radius 1 is 1.06 bits per heavy atom. The highest BCUT2D eigenvalue weighted by Gasteiger charge is 2.25. The van der Waals surface area contributed by atoms with E-state index < -0.39 is 0 Å². The van der Waals surface area contributed by atoms with E-state index in [0.717, 1.165) is 29.4 Å². The minimum atomic E-state index is -0.269. The standard InChI is InChI=1S/C26H30N6O2S/c1-26(2,3)17-10-8-16(9-11-17)23-30-31-25(32(23)19-6-4-5-7-19)35-15-22(33)27-18-12-13-20-21(14-18)29-24(34)28-20/h8-14,19H,4-7,15H2,1-3H3,(H,27,33)(H2,28,29,34). The summed E-state index contributed by atoms with van der Waals surface area (Å²) < 4.78 is 2.23. The number of benzene rings is 2. The number of aromatic amines is 2. The van der Waals surface area contributed by atoms with Crippen molar-refractivity contribution in [1.82, 2.24) is 24.7 Å². The van der Waals surface area contributed by atoms with Crippen molar-refractivity contribution in [3.8, 4) is 11.4 Å². The molecule has 0 saturated heterocycles. The van der Waals surface area contributed by atoms with Crippen LogP contribution in [-0.2, 0) is 10.2 Å². The molecule has 4 aromatic rings. The fraction of sp³-hybridized carbons (Fsp3) is 0.385. The van der Waals surface area contributed by atoms with Crippen molar-refractivity contribution < 1.29 is 4.79 Å². The number of carbonyl (C=O) groups is 1. The Labute approximate surface area is 207 Å². The molecule has 2 heterocycles. The van der Waals surface area contributed by atoms with Crippen LogP contribution < -0.4 is 11.0 Å². The number of amides is 1. The summed E-state index contributed by atoms with van der Waals surface area (Å²) in [7, 11) is 0. The van der Waals surface area contributed by atoms with Crippen LogP contribution in [0.5, 0.6) is 0 Å². The molecule has 0 unspecified atom stereocenters. The predicted octanol–water partition coefficient (Wildman–Crippen LogP) is 5.26. The summed E-state index contributed by atoms with van der Waals surface area (Å²) in [5.41, 5.74) is 4.14. The van der Waals surface area contributed by atoms with Gasteiger partial charge in [0.15, 0.2) is 11.0 Å². The molecule has 0 spiro atoms. The number of imidazole rings is 1. The van der Waals surface area contributed by atoms with E-state index in [1.807, 2.05) is 0 Å². The van der Waals surface area contributed by atoms with Crippen LogP contribution >= 0.6 is 11.8 Å².